The van der Waals surface area contributed by atoms with E-state index in [1.807, 2.05) is 6.08 Å². The third-order valence-corrected chi connectivity index (χ3v) is 4.39. The summed E-state index contributed by atoms with van der Waals surface area (Å²) in [6, 6.07) is 3.55. The number of fused-ring (bicyclic) bond motifs is 1. The van der Waals surface area contributed by atoms with E-state index >= 15 is 0 Å². The van der Waals surface area contributed by atoms with E-state index in [2.05, 4.69) is 0 Å². The molecule has 1 amide bonds. The highest BCUT2D eigenvalue weighted by Crippen LogP contribution is 2.52. The third-order valence-electron chi connectivity index (χ3n) is 4.39. The molecule has 4 heterocycles. The number of carboxylic acid groups (broad SMARTS) is 1. The van der Waals surface area contributed by atoms with Gasteiger partial charge in [-0.25, -0.2) is 0 Å². The van der Waals surface area contributed by atoms with E-state index in [0.29, 0.717) is 18.8 Å². The van der Waals surface area contributed by atoms with Crippen LogP contribution in [0.3, 0.4) is 0 Å². The molecule has 0 radical (unpaired) electrons. The summed E-state index contributed by atoms with van der Waals surface area (Å²) in [5, 5.41) is 9.34. The van der Waals surface area contributed by atoms with Gasteiger partial charge in [0, 0.05) is 0 Å². The Labute approximate surface area is 114 Å². The SMILES string of the molecule is O=C(O)[C@H]1[C@@H]2C=C[C@]3(CN(Cc4ccco4)C(=O)[C@@H]13)O2. The van der Waals surface area contributed by atoms with Crippen LogP contribution < -0.4 is 0 Å². The molecule has 1 N–H and O–H groups in total. The number of carbonyl (C=O) groups excluding carboxylic acids is 1. The molecule has 3 aliphatic heterocycles. The highest BCUT2D eigenvalue weighted by atomic mass is 16.5. The summed E-state index contributed by atoms with van der Waals surface area (Å²) in [5.41, 5.74) is -0.766. The topological polar surface area (TPSA) is 80.0 Å². The van der Waals surface area contributed by atoms with Gasteiger partial charge < -0.3 is 19.2 Å². The van der Waals surface area contributed by atoms with Crippen molar-refractivity contribution in [2.45, 2.75) is 18.2 Å². The number of ether oxygens (including phenoxy) is 1. The lowest BCUT2D eigenvalue weighted by Crippen LogP contribution is -2.39. The molecule has 3 aliphatic rings. The van der Waals surface area contributed by atoms with Gasteiger partial charge in [0.2, 0.25) is 5.91 Å². The maximum absolute atomic E-state index is 12.5. The van der Waals surface area contributed by atoms with Crippen LogP contribution >= 0.6 is 0 Å². The highest BCUT2D eigenvalue weighted by molar-refractivity contribution is 5.90. The molecule has 0 unspecified atom stereocenters. The number of rotatable bonds is 3. The molecule has 1 aromatic heterocycles. The number of carbonyl (C=O) groups is 2. The second kappa shape index (κ2) is 3.73. The molecule has 2 fully saturated rings. The normalized spacial score (nSPS) is 37.7. The van der Waals surface area contributed by atoms with Crippen molar-refractivity contribution >= 4 is 11.9 Å². The van der Waals surface area contributed by atoms with E-state index in [1.54, 1.807) is 29.4 Å². The smallest absolute Gasteiger partial charge is 0.310 e. The second-order valence-corrected chi connectivity index (χ2v) is 5.51. The molecular weight excluding hydrogens is 262 g/mol. The van der Waals surface area contributed by atoms with E-state index in [1.165, 1.54) is 0 Å². The van der Waals surface area contributed by atoms with Crippen LogP contribution in [0.1, 0.15) is 5.76 Å². The van der Waals surface area contributed by atoms with Crippen molar-refractivity contribution in [3.05, 3.63) is 36.3 Å². The Morgan fingerprint density at radius 2 is 2.40 bits per heavy atom. The number of nitrogens with zero attached hydrogens (tertiary/aromatic N) is 1. The molecule has 4 rings (SSSR count). The number of aliphatic carboxylic acids is 1. The van der Waals surface area contributed by atoms with Crippen LogP contribution in [0.2, 0.25) is 0 Å². The maximum atomic E-state index is 12.5. The minimum Gasteiger partial charge on any atom is -0.481 e. The number of furan rings is 1. The fraction of sp³-hybridized carbons (Fsp3) is 0.429. The van der Waals surface area contributed by atoms with Gasteiger partial charge in [0.25, 0.3) is 0 Å². The summed E-state index contributed by atoms with van der Waals surface area (Å²) in [4.78, 5) is 25.5. The first-order valence-electron chi connectivity index (χ1n) is 6.52. The van der Waals surface area contributed by atoms with Crippen molar-refractivity contribution in [3.8, 4) is 0 Å². The molecule has 1 spiro atoms. The number of amides is 1. The fourth-order valence-electron chi connectivity index (χ4n) is 3.58. The first-order chi connectivity index (χ1) is 9.61. The van der Waals surface area contributed by atoms with Crippen LogP contribution in [0.5, 0.6) is 0 Å². The molecule has 6 nitrogen and oxygen atoms in total. The van der Waals surface area contributed by atoms with Gasteiger partial charge >= 0.3 is 5.97 Å². The summed E-state index contributed by atoms with van der Waals surface area (Å²) in [6.07, 6.45) is 4.69. The van der Waals surface area contributed by atoms with Crippen molar-refractivity contribution in [3.63, 3.8) is 0 Å². The first kappa shape index (κ1) is 11.7. The summed E-state index contributed by atoms with van der Waals surface area (Å²) in [6.45, 7) is 0.728. The Morgan fingerprint density at radius 3 is 3.10 bits per heavy atom. The monoisotopic (exact) mass is 275 g/mol. The van der Waals surface area contributed by atoms with Crippen LogP contribution in [-0.2, 0) is 20.9 Å². The van der Waals surface area contributed by atoms with Crippen molar-refractivity contribution in [2.75, 3.05) is 6.54 Å². The molecule has 2 saturated heterocycles. The van der Waals surface area contributed by atoms with Crippen LogP contribution in [-0.4, -0.2) is 40.1 Å². The molecule has 2 bridgehead atoms. The summed E-state index contributed by atoms with van der Waals surface area (Å²) < 4.78 is 11.0. The van der Waals surface area contributed by atoms with Crippen molar-refractivity contribution in [1.82, 2.24) is 4.90 Å². The second-order valence-electron chi connectivity index (χ2n) is 5.51. The van der Waals surface area contributed by atoms with Crippen LogP contribution in [0.15, 0.2) is 35.0 Å². The van der Waals surface area contributed by atoms with Crippen LogP contribution in [0, 0.1) is 11.8 Å². The average molecular weight is 275 g/mol. The first-order valence-corrected chi connectivity index (χ1v) is 6.52. The Kier molecular flexibility index (Phi) is 2.18. The Balaban J connectivity index is 1.65. The molecule has 20 heavy (non-hydrogen) atoms. The van der Waals surface area contributed by atoms with Crippen molar-refractivity contribution < 1.29 is 23.8 Å². The minimum atomic E-state index is -0.973. The van der Waals surface area contributed by atoms with E-state index in [0.717, 1.165) is 0 Å². The minimum absolute atomic E-state index is 0.166. The Bertz CT molecular complexity index is 607. The van der Waals surface area contributed by atoms with Gasteiger partial charge in [0.1, 0.15) is 17.3 Å². The van der Waals surface area contributed by atoms with Gasteiger partial charge in [-0.3, -0.25) is 9.59 Å². The molecule has 0 aliphatic carbocycles. The zero-order valence-corrected chi connectivity index (χ0v) is 10.6. The Morgan fingerprint density at radius 1 is 1.55 bits per heavy atom. The highest BCUT2D eigenvalue weighted by Gasteiger charge is 2.67. The lowest BCUT2D eigenvalue weighted by Gasteiger charge is -2.21. The Hall–Kier alpha value is -2.08. The van der Waals surface area contributed by atoms with Gasteiger partial charge in [0.15, 0.2) is 0 Å². The molecular formula is C14H13NO5. The zero-order chi connectivity index (χ0) is 13.9. The van der Waals surface area contributed by atoms with E-state index in [9.17, 15) is 14.7 Å². The third kappa shape index (κ3) is 1.37. The van der Waals surface area contributed by atoms with Crippen LogP contribution in [0.4, 0.5) is 0 Å². The van der Waals surface area contributed by atoms with Gasteiger partial charge in [-0.1, -0.05) is 12.2 Å². The maximum Gasteiger partial charge on any atom is 0.310 e. The van der Waals surface area contributed by atoms with Gasteiger partial charge in [-0.2, -0.15) is 0 Å². The standard InChI is InChI=1S/C14H13NO5/c16-12-11-10(13(17)18)9-3-4-14(11,20-9)7-15(12)6-8-2-1-5-19-8/h1-5,9-11H,6-7H2,(H,17,18)/t9-,10-,11+,14+/m0/s1. The van der Waals surface area contributed by atoms with Crippen molar-refractivity contribution in [2.24, 2.45) is 11.8 Å². The average Bonchev–Trinajstić information content (AvgIpc) is 3.12. The zero-order valence-electron chi connectivity index (χ0n) is 10.6. The van der Waals surface area contributed by atoms with Gasteiger partial charge in [-0.05, 0) is 12.1 Å². The fourth-order valence-corrected chi connectivity index (χ4v) is 3.58. The number of likely N-dealkylation sites (tertiary alicyclic amines) is 1. The van der Waals surface area contributed by atoms with E-state index in [4.69, 9.17) is 9.15 Å². The van der Waals surface area contributed by atoms with E-state index in [-0.39, 0.29) is 5.91 Å². The quantitative estimate of drug-likeness (QED) is 0.819. The van der Waals surface area contributed by atoms with Gasteiger partial charge in [-0.15, -0.1) is 0 Å². The lowest BCUT2D eigenvalue weighted by atomic mass is 9.77. The summed E-state index contributed by atoms with van der Waals surface area (Å²) in [7, 11) is 0. The van der Waals surface area contributed by atoms with Crippen molar-refractivity contribution in [1.29, 1.82) is 0 Å². The molecule has 0 aromatic carbocycles. The molecule has 1 aromatic rings. The van der Waals surface area contributed by atoms with Crippen LogP contribution in [0.25, 0.3) is 0 Å². The number of carboxylic acids is 1. The predicted octanol–water partition coefficient (Wildman–Crippen LogP) is 0.646. The number of hydrogen-bond donors (Lipinski definition) is 1. The predicted molar refractivity (Wildman–Crippen MR) is 65.5 cm³/mol. The molecule has 104 valence electrons. The van der Waals surface area contributed by atoms with Gasteiger partial charge in [0.05, 0.1) is 31.4 Å². The summed E-state index contributed by atoms with van der Waals surface area (Å²) in [5.74, 6) is -1.86. The number of hydrogen-bond acceptors (Lipinski definition) is 4. The molecule has 4 atom stereocenters. The largest absolute Gasteiger partial charge is 0.481 e. The lowest BCUT2D eigenvalue weighted by molar-refractivity contribution is -0.148. The van der Waals surface area contributed by atoms with E-state index < -0.39 is 29.5 Å². The molecule has 0 saturated carbocycles. The summed E-state index contributed by atoms with van der Waals surface area (Å²) >= 11 is 0. The molecule has 6 heteroatoms.